The van der Waals surface area contributed by atoms with Gasteiger partial charge in [-0.05, 0) is 26.7 Å². The molecule has 3 atom stereocenters. The largest absolute Gasteiger partial charge is 0.323 e. The molecule has 0 aromatic heterocycles. The van der Waals surface area contributed by atoms with E-state index in [0.717, 1.165) is 6.42 Å². The van der Waals surface area contributed by atoms with Gasteiger partial charge in [0.1, 0.15) is 12.2 Å². The van der Waals surface area contributed by atoms with Gasteiger partial charge in [-0.1, -0.05) is 0 Å². The molecule has 0 aliphatic carbocycles. The zero-order valence-corrected chi connectivity index (χ0v) is 14.2. The molecule has 0 aromatic carbocycles. The first kappa shape index (κ1) is 18.1. The van der Waals surface area contributed by atoms with Gasteiger partial charge in [0.25, 0.3) is 0 Å². The topological polar surface area (TPSA) is 93.5 Å². The van der Waals surface area contributed by atoms with E-state index < -0.39 is 33.7 Å². The Labute approximate surface area is 136 Å². The summed E-state index contributed by atoms with van der Waals surface area (Å²) in [6.07, 6.45) is -0.190. The molecule has 0 saturated carbocycles. The fourth-order valence-corrected chi connectivity index (χ4v) is 4.47. The van der Waals surface area contributed by atoms with Gasteiger partial charge in [-0.3, -0.25) is 10.1 Å². The van der Waals surface area contributed by atoms with Crippen LogP contribution in [0.25, 0.3) is 0 Å². The summed E-state index contributed by atoms with van der Waals surface area (Å²) in [4.78, 5) is 13.4. The zero-order valence-electron chi connectivity index (χ0n) is 13.4. The second kappa shape index (κ2) is 7.11. The van der Waals surface area contributed by atoms with E-state index in [9.17, 15) is 17.6 Å². The minimum Gasteiger partial charge on any atom is -0.323 e. The molecule has 7 nitrogen and oxygen atoms in total. The van der Waals surface area contributed by atoms with E-state index in [1.54, 1.807) is 13.8 Å². The zero-order chi connectivity index (χ0) is 17.2. The van der Waals surface area contributed by atoms with E-state index >= 15 is 0 Å². The number of hydrogen-bond donors (Lipinski definition) is 1. The molecular weight excluding hydrogens is 323 g/mol. The molecule has 2 heterocycles. The number of nitrogens with zero attached hydrogens (tertiary/aromatic N) is 3. The lowest BCUT2D eigenvalue weighted by molar-refractivity contribution is -0.130. The standard InChI is InChI=1S/C14H23FN4O3S/c1-10(2)23(21,22)19-5-3-4-13(19)17-8-14(20)18-9-11(15)6-12(18)7-16/h10-13,17H,3-6,8-9H2,1-2H3/t11-,12-,13?/m0/s1. The summed E-state index contributed by atoms with van der Waals surface area (Å²) in [7, 11) is -3.38. The maximum atomic E-state index is 13.4. The quantitative estimate of drug-likeness (QED) is 0.767. The summed E-state index contributed by atoms with van der Waals surface area (Å²) in [5.74, 6) is -0.370. The predicted octanol–water partition coefficient (Wildman–Crippen LogP) is 0.199. The van der Waals surface area contributed by atoms with Crippen molar-refractivity contribution in [1.29, 1.82) is 5.26 Å². The van der Waals surface area contributed by atoms with Gasteiger partial charge in [0.2, 0.25) is 15.9 Å². The van der Waals surface area contributed by atoms with E-state index in [2.05, 4.69) is 5.32 Å². The Kier molecular flexibility index (Phi) is 5.60. The van der Waals surface area contributed by atoms with Crippen LogP contribution >= 0.6 is 0 Å². The van der Waals surface area contributed by atoms with Crippen LogP contribution in [0.1, 0.15) is 33.1 Å². The second-order valence-electron chi connectivity index (χ2n) is 6.27. The molecule has 23 heavy (non-hydrogen) atoms. The average molecular weight is 346 g/mol. The Bertz CT molecular complexity index is 589. The van der Waals surface area contributed by atoms with Crippen LogP contribution in [-0.4, -0.2) is 66.8 Å². The van der Waals surface area contributed by atoms with Crippen molar-refractivity contribution in [2.24, 2.45) is 0 Å². The van der Waals surface area contributed by atoms with Crippen LogP contribution in [0.5, 0.6) is 0 Å². The summed E-state index contributed by atoms with van der Waals surface area (Å²) < 4.78 is 39.3. The van der Waals surface area contributed by atoms with Crippen LogP contribution in [0, 0.1) is 11.3 Å². The Balaban J connectivity index is 1.95. The summed E-state index contributed by atoms with van der Waals surface area (Å²) >= 11 is 0. The molecule has 1 N–H and O–H groups in total. The molecule has 9 heteroatoms. The van der Waals surface area contributed by atoms with E-state index in [1.165, 1.54) is 9.21 Å². The van der Waals surface area contributed by atoms with Crippen LogP contribution in [0.15, 0.2) is 0 Å². The number of carbonyl (C=O) groups is 1. The normalized spacial score (nSPS) is 29.2. The van der Waals surface area contributed by atoms with Crippen LogP contribution in [0.3, 0.4) is 0 Å². The van der Waals surface area contributed by atoms with Crippen molar-refractivity contribution in [3.05, 3.63) is 0 Å². The molecule has 2 rings (SSSR count). The summed E-state index contributed by atoms with van der Waals surface area (Å²) in [6.45, 7) is 3.51. The number of rotatable bonds is 5. The number of halogens is 1. The monoisotopic (exact) mass is 346 g/mol. The van der Waals surface area contributed by atoms with Crippen LogP contribution in [0.4, 0.5) is 4.39 Å². The van der Waals surface area contributed by atoms with Crippen molar-refractivity contribution in [1.82, 2.24) is 14.5 Å². The molecule has 2 fully saturated rings. The number of nitriles is 1. The highest BCUT2D eigenvalue weighted by Crippen LogP contribution is 2.23. The number of amides is 1. The average Bonchev–Trinajstić information content (AvgIpc) is 3.10. The van der Waals surface area contributed by atoms with Crippen molar-refractivity contribution >= 4 is 15.9 Å². The Hall–Kier alpha value is -1.24. The predicted molar refractivity (Wildman–Crippen MR) is 82.4 cm³/mol. The SMILES string of the molecule is CC(C)S(=O)(=O)N1CCCC1NCC(=O)N1C[C@@H](F)C[C@H]1C#N. The Morgan fingerprint density at radius 1 is 1.48 bits per heavy atom. The number of sulfonamides is 1. The lowest BCUT2D eigenvalue weighted by Gasteiger charge is -2.27. The number of carbonyl (C=O) groups excluding carboxylic acids is 1. The lowest BCUT2D eigenvalue weighted by Crippen LogP contribution is -2.50. The van der Waals surface area contributed by atoms with Gasteiger partial charge in [-0.15, -0.1) is 0 Å². The summed E-state index contributed by atoms with van der Waals surface area (Å²) in [5.41, 5.74) is 0. The van der Waals surface area contributed by atoms with Gasteiger partial charge in [0, 0.05) is 13.0 Å². The third-order valence-corrected chi connectivity index (χ3v) is 6.62. The van der Waals surface area contributed by atoms with Gasteiger partial charge in [-0.2, -0.15) is 9.57 Å². The first-order valence-electron chi connectivity index (χ1n) is 7.84. The van der Waals surface area contributed by atoms with Gasteiger partial charge >= 0.3 is 0 Å². The number of alkyl halides is 1. The highest BCUT2D eigenvalue weighted by Gasteiger charge is 2.38. The van der Waals surface area contributed by atoms with Gasteiger partial charge in [0.15, 0.2) is 0 Å². The van der Waals surface area contributed by atoms with Crippen molar-refractivity contribution < 1.29 is 17.6 Å². The fourth-order valence-electron chi connectivity index (χ4n) is 3.01. The minimum absolute atomic E-state index is 0.0412. The third-order valence-electron chi connectivity index (χ3n) is 4.33. The van der Waals surface area contributed by atoms with Crippen LogP contribution in [-0.2, 0) is 14.8 Å². The molecule has 2 aliphatic heterocycles. The maximum Gasteiger partial charge on any atom is 0.237 e. The van der Waals surface area contributed by atoms with Gasteiger partial charge in [-0.25, -0.2) is 12.8 Å². The van der Waals surface area contributed by atoms with E-state index in [1.807, 2.05) is 6.07 Å². The first-order chi connectivity index (χ1) is 10.8. The minimum atomic E-state index is -3.38. The molecule has 0 bridgehead atoms. The number of likely N-dealkylation sites (tertiary alicyclic amines) is 1. The number of nitrogens with one attached hydrogen (secondary N) is 1. The van der Waals surface area contributed by atoms with Crippen LogP contribution in [0.2, 0.25) is 0 Å². The lowest BCUT2D eigenvalue weighted by atomic mass is 10.2. The smallest absolute Gasteiger partial charge is 0.237 e. The molecule has 0 aromatic rings. The molecule has 2 saturated heterocycles. The van der Waals surface area contributed by atoms with Crippen molar-refractivity contribution in [2.45, 2.75) is 56.7 Å². The highest BCUT2D eigenvalue weighted by molar-refractivity contribution is 7.89. The maximum absolute atomic E-state index is 13.4. The highest BCUT2D eigenvalue weighted by atomic mass is 32.2. The van der Waals surface area contributed by atoms with E-state index in [4.69, 9.17) is 5.26 Å². The molecule has 0 radical (unpaired) electrons. The fraction of sp³-hybridized carbons (Fsp3) is 0.857. The van der Waals surface area contributed by atoms with Gasteiger partial charge in [0.05, 0.1) is 30.6 Å². The second-order valence-corrected chi connectivity index (χ2v) is 8.71. The molecule has 1 amide bonds. The molecule has 1 unspecified atom stereocenters. The first-order valence-corrected chi connectivity index (χ1v) is 9.35. The summed E-state index contributed by atoms with van der Waals surface area (Å²) in [6, 6.07) is 1.19. The molecule has 130 valence electrons. The van der Waals surface area contributed by atoms with Crippen molar-refractivity contribution in [3.8, 4) is 6.07 Å². The van der Waals surface area contributed by atoms with Gasteiger partial charge < -0.3 is 4.90 Å². The molecular formula is C14H23FN4O3S. The third kappa shape index (κ3) is 3.82. The van der Waals surface area contributed by atoms with E-state index in [-0.39, 0.29) is 25.4 Å². The van der Waals surface area contributed by atoms with Crippen molar-refractivity contribution in [3.63, 3.8) is 0 Å². The molecule has 2 aliphatic rings. The summed E-state index contributed by atoms with van der Waals surface area (Å²) in [5, 5.41) is 11.4. The van der Waals surface area contributed by atoms with Crippen molar-refractivity contribution in [2.75, 3.05) is 19.6 Å². The molecule has 0 spiro atoms. The Morgan fingerprint density at radius 3 is 2.78 bits per heavy atom. The van der Waals surface area contributed by atoms with E-state index in [0.29, 0.717) is 13.0 Å². The Morgan fingerprint density at radius 2 is 2.17 bits per heavy atom. The van der Waals surface area contributed by atoms with Crippen LogP contribution < -0.4 is 5.32 Å². The number of hydrogen-bond acceptors (Lipinski definition) is 5.